The van der Waals surface area contributed by atoms with Crippen molar-refractivity contribution >= 4 is 11.6 Å². The van der Waals surface area contributed by atoms with Gasteiger partial charge < -0.3 is 15.4 Å². The van der Waals surface area contributed by atoms with E-state index < -0.39 is 0 Å². The number of carbonyl (C=O) groups is 1. The maximum Gasteiger partial charge on any atom is 0.228 e. The molecule has 0 aromatic carbocycles. The van der Waals surface area contributed by atoms with E-state index in [1.807, 2.05) is 4.90 Å². The summed E-state index contributed by atoms with van der Waals surface area (Å²) < 4.78 is 5.04. The highest BCUT2D eigenvalue weighted by Gasteiger charge is 2.15. The number of ether oxygens (including phenoxy) is 1. The van der Waals surface area contributed by atoms with Crippen molar-refractivity contribution in [1.29, 1.82) is 0 Å². The maximum absolute atomic E-state index is 12.2. The molecule has 19 heavy (non-hydrogen) atoms. The first-order chi connectivity index (χ1) is 9.02. The van der Waals surface area contributed by atoms with Crippen molar-refractivity contribution in [3.63, 3.8) is 0 Å². The summed E-state index contributed by atoms with van der Waals surface area (Å²) in [6.07, 6.45) is 1.88. The zero-order valence-corrected chi connectivity index (χ0v) is 11.9. The number of methoxy groups -OCH3 is 1. The van der Waals surface area contributed by atoms with Gasteiger partial charge in [0.05, 0.1) is 24.9 Å². The standard InChI is InChI=1S/C14H23N3O2/c1-11(2)10-17(6-7-19-3)14(18)8-13-5-4-12(15)9-16-13/h4-5,9,11H,6-8,10,15H2,1-3H3. The molecular weight excluding hydrogens is 242 g/mol. The molecule has 0 unspecified atom stereocenters. The SMILES string of the molecule is COCCN(CC(C)C)C(=O)Cc1ccc(N)cn1. The normalized spacial score (nSPS) is 10.7. The summed E-state index contributed by atoms with van der Waals surface area (Å²) in [5.41, 5.74) is 6.92. The number of hydrogen-bond donors (Lipinski definition) is 1. The molecule has 1 aromatic heterocycles. The lowest BCUT2D eigenvalue weighted by Crippen LogP contribution is -2.37. The van der Waals surface area contributed by atoms with Crippen LogP contribution in [0.5, 0.6) is 0 Å². The number of anilines is 1. The van der Waals surface area contributed by atoms with Crippen molar-refractivity contribution in [3.05, 3.63) is 24.0 Å². The van der Waals surface area contributed by atoms with Crippen molar-refractivity contribution in [1.82, 2.24) is 9.88 Å². The quantitative estimate of drug-likeness (QED) is 0.807. The number of rotatable bonds is 7. The third-order valence-electron chi connectivity index (χ3n) is 2.68. The minimum atomic E-state index is 0.0722. The molecule has 2 N–H and O–H groups in total. The third kappa shape index (κ3) is 5.70. The Balaban J connectivity index is 2.62. The lowest BCUT2D eigenvalue weighted by Gasteiger charge is -2.24. The Morgan fingerprint density at radius 2 is 2.21 bits per heavy atom. The number of nitrogens with two attached hydrogens (primary N) is 1. The Hall–Kier alpha value is -1.62. The molecule has 0 aliphatic carbocycles. The van der Waals surface area contributed by atoms with Crippen LogP contribution in [0.15, 0.2) is 18.3 Å². The van der Waals surface area contributed by atoms with Crippen LogP contribution < -0.4 is 5.73 Å². The van der Waals surface area contributed by atoms with Crippen LogP contribution in [0, 0.1) is 5.92 Å². The van der Waals surface area contributed by atoms with E-state index in [-0.39, 0.29) is 5.91 Å². The number of hydrogen-bond acceptors (Lipinski definition) is 4. The highest BCUT2D eigenvalue weighted by atomic mass is 16.5. The van der Waals surface area contributed by atoms with Gasteiger partial charge in [0.2, 0.25) is 5.91 Å². The number of aromatic nitrogens is 1. The Bertz CT molecular complexity index is 390. The number of amides is 1. The van der Waals surface area contributed by atoms with E-state index in [9.17, 15) is 4.79 Å². The Kier molecular flexibility index (Phi) is 6.29. The van der Waals surface area contributed by atoms with Crippen LogP contribution in [-0.2, 0) is 16.0 Å². The third-order valence-corrected chi connectivity index (χ3v) is 2.68. The Morgan fingerprint density at radius 3 is 2.74 bits per heavy atom. The topological polar surface area (TPSA) is 68.5 Å². The molecule has 5 nitrogen and oxygen atoms in total. The summed E-state index contributed by atoms with van der Waals surface area (Å²) in [7, 11) is 1.64. The molecule has 0 atom stereocenters. The van der Waals surface area contributed by atoms with E-state index in [0.717, 1.165) is 12.2 Å². The monoisotopic (exact) mass is 265 g/mol. The van der Waals surface area contributed by atoms with Crippen LogP contribution in [0.25, 0.3) is 0 Å². The van der Waals surface area contributed by atoms with Crippen LogP contribution in [0.3, 0.4) is 0 Å². The lowest BCUT2D eigenvalue weighted by atomic mass is 10.2. The number of nitrogens with zero attached hydrogens (tertiary/aromatic N) is 2. The molecule has 106 valence electrons. The van der Waals surface area contributed by atoms with Gasteiger partial charge in [-0.05, 0) is 18.1 Å². The fraction of sp³-hybridized carbons (Fsp3) is 0.571. The molecule has 5 heteroatoms. The van der Waals surface area contributed by atoms with E-state index in [4.69, 9.17) is 10.5 Å². The lowest BCUT2D eigenvalue weighted by molar-refractivity contribution is -0.131. The fourth-order valence-corrected chi connectivity index (χ4v) is 1.77. The van der Waals surface area contributed by atoms with Gasteiger partial charge in [-0.15, -0.1) is 0 Å². The molecule has 0 aliphatic heterocycles. The minimum absolute atomic E-state index is 0.0722. The number of pyridine rings is 1. The molecule has 0 saturated heterocycles. The molecule has 1 aromatic rings. The first-order valence-electron chi connectivity index (χ1n) is 6.50. The van der Waals surface area contributed by atoms with Crippen molar-refractivity contribution in [2.45, 2.75) is 20.3 Å². The molecule has 1 amide bonds. The molecule has 1 rings (SSSR count). The highest BCUT2D eigenvalue weighted by Crippen LogP contribution is 2.06. The summed E-state index contributed by atoms with van der Waals surface area (Å²) in [5.74, 6) is 0.503. The average molecular weight is 265 g/mol. The summed E-state index contributed by atoms with van der Waals surface area (Å²) >= 11 is 0. The van der Waals surface area contributed by atoms with Crippen molar-refractivity contribution in [3.8, 4) is 0 Å². The van der Waals surface area contributed by atoms with Crippen molar-refractivity contribution in [2.24, 2.45) is 5.92 Å². The zero-order chi connectivity index (χ0) is 14.3. The second-order valence-corrected chi connectivity index (χ2v) is 4.99. The van der Waals surface area contributed by atoms with Gasteiger partial charge in [0.15, 0.2) is 0 Å². The molecule has 1 heterocycles. The maximum atomic E-state index is 12.2. The highest BCUT2D eigenvalue weighted by molar-refractivity contribution is 5.78. The largest absolute Gasteiger partial charge is 0.397 e. The molecule has 0 spiro atoms. The van der Waals surface area contributed by atoms with E-state index in [0.29, 0.717) is 31.2 Å². The van der Waals surface area contributed by atoms with Crippen molar-refractivity contribution in [2.75, 3.05) is 32.5 Å². The molecule has 0 fully saturated rings. The van der Waals surface area contributed by atoms with Gasteiger partial charge in [-0.25, -0.2) is 0 Å². The van der Waals surface area contributed by atoms with Gasteiger partial charge in [-0.1, -0.05) is 13.8 Å². The van der Waals surface area contributed by atoms with Gasteiger partial charge in [0, 0.05) is 25.9 Å². The number of carbonyl (C=O) groups excluding carboxylic acids is 1. The zero-order valence-electron chi connectivity index (χ0n) is 11.9. The summed E-state index contributed by atoms with van der Waals surface area (Å²) in [6, 6.07) is 3.55. The van der Waals surface area contributed by atoms with Crippen LogP contribution >= 0.6 is 0 Å². The number of nitrogen functional groups attached to an aromatic ring is 1. The predicted octanol–water partition coefficient (Wildman–Crippen LogP) is 1.34. The van der Waals surface area contributed by atoms with E-state index in [2.05, 4.69) is 18.8 Å². The van der Waals surface area contributed by atoms with Gasteiger partial charge in [0.1, 0.15) is 0 Å². The minimum Gasteiger partial charge on any atom is -0.397 e. The van der Waals surface area contributed by atoms with Crippen LogP contribution in [0.4, 0.5) is 5.69 Å². The van der Waals surface area contributed by atoms with E-state index >= 15 is 0 Å². The van der Waals surface area contributed by atoms with Gasteiger partial charge in [-0.3, -0.25) is 9.78 Å². The van der Waals surface area contributed by atoms with E-state index in [1.54, 1.807) is 25.4 Å². The first kappa shape index (κ1) is 15.4. The Morgan fingerprint density at radius 1 is 1.47 bits per heavy atom. The molecule has 0 bridgehead atoms. The van der Waals surface area contributed by atoms with Gasteiger partial charge in [-0.2, -0.15) is 0 Å². The average Bonchev–Trinajstić information content (AvgIpc) is 2.36. The summed E-state index contributed by atoms with van der Waals surface area (Å²) in [5, 5.41) is 0. The molecule has 0 radical (unpaired) electrons. The molecule has 0 saturated carbocycles. The smallest absolute Gasteiger partial charge is 0.228 e. The van der Waals surface area contributed by atoms with Gasteiger partial charge in [0.25, 0.3) is 0 Å². The second-order valence-electron chi connectivity index (χ2n) is 4.99. The predicted molar refractivity (Wildman–Crippen MR) is 75.6 cm³/mol. The van der Waals surface area contributed by atoms with E-state index in [1.165, 1.54) is 0 Å². The second kappa shape index (κ2) is 7.74. The summed E-state index contributed by atoms with van der Waals surface area (Å²) in [6.45, 7) is 6.08. The first-order valence-corrected chi connectivity index (χ1v) is 6.50. The molecule has 0 aliphatic rings. The Labute approximate surface area is 114 Å². The van der Waals surface area contributed by atoms with Gasteiger partial charge >= 0.3 is 0 Å². The fourth-order valence-electron chi connectivity index (χ4n) is 1.77. The summed E-state index contributed by atoms with van der Waals surface area (Å²) in [4.78, 5) is 18.2. The van der Waals surface area contributed by atoms with Crippen LogP contribution in [0.2, 0.25) is 0 Å². The van der Waals surface area contributed by atoms with Crippen LogP contribution in [-0.4, -0.2) is 42.6 Å². The molecular formula is C14H23N3O2. The van der Waals surface area contributed by atoms with Crippen molar-refractivity contribution < 1.29 is 9.53 Å². The van der Waals surface area contributed by atoms with Crippen LogP contribution in [0.1, 0.15) is 19.5 Å².